The number of carboxylic acids is 1. The largest absolute Gasteiger partial charge is 0.481 e. The first-order valence-corrected chi connectivity index (χ1v) is 24.1. The van der Waals surface area contributed by atoms with E-state index in [2.05, 4.69) is 76.4 Å². The Hall–Kier alpha value is -1.97. The molecular weight excluding hydrogens is 724 g/mol. The highest BCUT2D eigenvalue weighted by atomic mass is 32.2. The van der Waals surface area contributed by atoms with Crippen LogP contribution in [0.1, 0.15) is 126 Å². The predicted molar refractivity (Wildman–Crippen MR) is 226 cm³/mol. The normalized spacial score (nSPS) is 45.9. The number of halogens is 1. The highest BCUT2D eigenvalue weighted by Gasteiger charge is 2.70. The van der Waals surface area contributed by atoms with E-state index in [9.17, 15) is 23.3 Å². The maximum Gasteiger partial charge on any atom is 0.324 e. The molecule has 0 aromatic carbocycles. The van der Waals surface area contributed by atoms with Gasteiger partial charge < -0.3 is 15.2 Å². The van der Waals surface area contributed by atoms with E-state index in [1.165, 1.54) is 55.2 Å². The third-order valence-electron chi connectivity index (χ3n) is 18.4. The van der Waals surface area contributed by atoms with Gasteiger partial charge in [0.15, 0.2) is 0 Å². The van der Waals surface area contributed by atoms with Crippen LogP contribution >= 0.6 is 0 Å². The van der Waals surface area contributed by atoms with E-state index < -0.39 is 33.6 Å². The van der Waals surface area contributed by atoms with Crippen molar-refractivity contribution in [3.8, 4) is 0 Å². The van der Waals surface area contributed by atoms with E-state index in [1.54, 1.807) is 0 Å². The molecular formula is C47H73FN2O5S. The number of carboxylic acid groups (broad SMARTS) is 1. The summed E-state index contributed by atoms with van der Waals surface area (Å²) >= 11 is 0. The molecule has 0 spiro atoms. The lowest BCUT2D eigenvalue weighted by Gasteiger charge is -2.72. The summed E-state index contributed by atoms with van der Waals surface area (Å²) in [5.74, 6) is 6.26. The van der Waals surface area contributed by atoms with E-state index >= 15 is 0 Å². The topological polar surface area (TPSA) is 95.9 Å². The molecule has 0 radical (unpaired) electrons. The second-order valence-corrected chi connectivity index (χ2v) is 23.8. The van der Waals surface area contributed by atoms with Gasteiger partial charge in [-0.3, -0.25) is 18.7 Å². The first kappa shape index (κ1) is 42.2. The van der Waals surface area contributed by atoms with Gasteiger partial charge in [0.05, 0.1) is 12.0 Å². The summed E-state index contributed by atoms with van der Waals surface area (Å²) in [6, 6.07) is -0.496. The number of hydrogen-bond donors (Lipinski definition) is 2. The van der Waals surface area contributed by atoms with Crippen LogP contribution in [-0.4, -0.2) is 88.0 Å². The Morgan fingerprint density at radius 2 is 1.75 bits per heavy atom. The molecule has 1 saturated heterocycles. The van der Waals surface area contributed by atoms with Gasteiger partial charge in [0.2, 0.25) is 0 Å². The fourth-order valence-electron chi connectivity index (χ4n) is 15.2. The first-order valence-electron chi connectivity index (χ1n) is 22.1. The molecule has 0 aromatic rings. The summed E-state index contributed by atoms with van der Waals surface area (Å²) < 4.78 is 32.4. The van der Waals surface area contributed by atoms with Crippen molar-refractivity contribution in [1.29, 1.82) is 0 Å². The molecule has 0 amide bonds. The van der Waals surface area contributed by atoms with Crippen LogP contribution in [0.2, 0.25) is 0 Å². The number of nitrogens with one attached hydrogen (secondary N) is 1. The highest BCUT2D eigenvalue weighted by Crippen LogP contribution is 2.76. The maximum absolute atomic E-state index is 14.0. The van der Waals surface area contributed by atoms with Gasteiger partial charge in [0.25, 0.3) is 0 Å². The van der Waals surface area contributed by atoms with E-state index in [1.807, 2.05) is 6.92 Å². The van der Waals surface area contributed by atoms with Crippen molar-refractivity contribution >= 4 is 27.3 Å². The maximum atomic E-state index is 14.0. The Kier molecular flexibility index (Phi) is 11.0. The van der Waals surface area contributed by atoms with Crippen LogP contribution in [0.4, 0.5) is 4.39 Å². The lowest BCUT2D eigenvalue weighted by Crippen LogP contribution is -2.68. The third-order valence-corrected chi connectivity index (χ3v) is 20.2. The zero-order valence-electron chi connectivity index (χ0n) is 35.8. The van der Waals surface area contributed by atoms with Crippen molar-refractivity contribution in [3.63, 3.8) is 0 Å². The average Bonchev–Trinajstić information content (AvgIpc) is 3.52. The molecule has 0 aromatic heterocycles. The first-order chi connectivity index (χ1) is 26.2. The smallest absolute Gasteiger partial charge is 0.324 e. The van der Waals surface area contributed by atoms with Crippen LogP contribution in [0.15, 0.2) is 35.5 Å². The van der Waals surface area contributed by atoms with Crippen molar-refractivity contribution in [1.82, 2.24) is 10.2 Å². The molecule has 2 N–H and O–H groups in total. The minimum atomic E-state index is -2.28. The molecule has 314 valence electrons. The van der Waals surface area contributed by atoms with Crippen LogP contribution in [0, 0.1) is 56.7 Å². The summed E-state index contributed by atoms with van der Waals surface area (Å²) in [5, 5.41) is 14.0. The average molecular weight is 797 g/mol. The molecule has 1 aliphatic heterocycles. The molecule has 7 aliphatic rings. The van der Waals surface area contributed by atoms with Crippen LogP contribution < -0.4 is 5.32 Å². The minimum Gasteiger partial charge on any atom is -0.481 e. The minimum absolute atomic E-state index is 0.0379. The van der Waals surface area contributed by atoms with Gasteiger partial charge in [-0.25, -0.2) is 4.39 Å². The summed E-state index contributed by atoms with van der Waals surface area (Å²) in [5.41, 5.74) is 3.31. The summed E-state index contributed by atoms with van der Waals surface area (Å²) in [6.45, 7) is 23.2. The number of allylic oxidation sites excluding steroid dienone is 5. The SMILES string of the molecule is C=C(C)[C@@H]1CC[C@]2(NCCN3CCS(=C)(=O)CC3C(=O)OCC)CC[C@]3(C)[C@H](CC[C@@H]4[C@@]5(C)CC=C(C6=CC[C@@](CF)(C(=O)O)CC6)C(C)(C)[C@@H]5CC[C@]43C)[C@@H]12. The molecule has 12 atom stereocenters. The lowest BCUT2D eigenvalue weighted by molar-refractivity contribution is -0.221. The molecule has 0 bridgehead atoms. The number of alkyl halides is 1. The molecule has 6 aliphatic carbocycles. The zero-order chi connectivity index (χ0) is 40.7. The van der Waals surface area contributed by atoms with Crippen molar-refractivity contribution in [2.24, 2.45) is 56.7 Å². The molecule has 56 heavy (non-hydrogen) atoms. The molecule has 2 unspecified atom stereocenters. The Labute approximate surface area is 338 Å². The number of rotatable bonds is 10. The van der Waals surface area contributed by atoms with Crippen molar-refractivity contribution in [3.05, 3.63) is 35.5 Å². The Morgan fingerprint density at radius 3 is 2.39 bits per heavy atom. The lowest BCUT2D eigenvalue weighted by atomic mass is 9.33. The Balaban J connectivity index is 1.12. The number of carbonyl (C=O) groups is 2. The molecule has 1 heterocycles. The van der Waals surface area contributed by atoms with Gasteiger partial charge in [-0.2, -0.15) is 0 Å². The molecule has 5 fully saturated rings. The Morgan fingerprint density at radius 1 is 1.00 bits per heavy atom. The number of aliphatic carboxylic acids is 1. The quantitative estimate of drug-likeness (QED) is 0.130. The standard InChI is InChI=1S/C47H73FN2O5S/c1-10-55-40(51)36-29-56(9,54)28-27-50(36)26-25-49-47-22-15-33(31(2)3)39(47)35-11-12-38-43(6)18-16-34(32-13-20-46(30-48,21-14-32)41(52)53)42(4,5)37(43)17-19-45(38,8)44(35,7)23-24-47/h13,16,33,35-39,49H,2,9-12,14-15,17-30H2,1,3-8H3,(H,52,53)/t33-,35+,36?,37-,38+,39+,43-,44+,45+,46+,47-,56?/m0/s1. The number of carbonyl (C=O) groups excluding carboxylic acids is 1. The molecule has 4 saturated carbocycles. The molecule has 7 rings (SSSR count). The Bertz CT molecular complexity index is 1770. The number of hydrogen-bond acceptors (Lipinski definition) is 6. The van der Waals surface area contributed by atoms with Crippen LogP contribution in [-0.2, 0) is 23.8 Å². The fourth-order valence-corrected chi connectivity index (χ4v) is 16.9. The summed E-state index contributed by atoms with van der Waals surface area (Å²) in [6.07, 6.45) is 16.6. The molecule has 9 heteroatoms. The number of fused-ring (bicyclic) bond motifs is 7. The van der Waals surface area contributed by atoms with Gasteiger partial charge in [0.1, 0.15) is 12.7 Å². The monoisotopic (exact) mass is 797 g/mol. The van der Waals surface area contributed by atoms with E-state index in [4.69, 9.17) is 4.74 Å². The van der Waals surface area contributed by atoms with Gasteiger partial charge in [-0.05, 0) is 169 Å². The van der Waals surface area contributed by atoms with Gasteiger partial charge in [-0.15, -0.1) is 0 Å². The van der Waals surface area contributed by atoms with Crippen LogP contribution in [0.25, 0.3) is 0 Å². The number of ether oxygens (including phenoxy) is 1. The number of esters is 1. The van der Waals surface area contributed by atoms with Crippen molar-refractivity contribution < 1.29 is 28.0 Å². The summed E-state index contributed by atoms with van der Waals surface area (Å²) in [4.78, 5) is 27.2. The second-order valence-electron chi connectivity index (χ2n) is 21.1. The van der Waals surface area contributed by atoms with E-state index in [0.717, 1.165) is 32.4 Å². The fraction of sp³-hybridized carbons (Fsp3) is 0.809. The summed E-state index contributed by atoms with van der Waals surface area (Å²) in [7, 11) is -2.28. The van der Waals surface area contributed by atoms with Gasteiger partial charge >= 0.3 is 11.9 Å². The van der Waals surface area contributed by atoms with Gasteiger partial charge in [0, 0.05) is 36.7 Å². The highest BCUT2D eigenvalue weighted by molar-refractivity contribution is 8.00. The third kappa shape index (κ3) is 6.44. The predicted octanol–water partition coefficient (Wildman–Crippen LogP) is 8.64. The van der Waals surface area contributed by atoms with Crippen LogP contribution in [0.5, 0.6) is 0 Å². The van der Waals surface area contributed by atoms with E-state index in [-0.39, 0.29) is 45.3 Å². The van der Waals surface area contributed by atoms with Crippen molar-refractivity contribution in [2.75, 3.05) is 44.4 Å². The molecule has 7 nitrogen and oxygen atoms in total. The van der Waals surface area contributed by atoms with Crippen molar-refractivity contribution in [2.45, 2.75) is 137 Å². The zero-order valence-corrected chi connectivity index (χ0v) is 36.6. The van der Waals surface area contributed by atoms with E-state index in [0.29, 0.717) is 61.3 Å². The van der Waals surface area contributed by atoms with Crippen LogP contribution in [0.3, 0.4) is 0 Å². The van der Waals surface area contributed by atoms with Gasteiger partial charge in [-0.1, -0.05) is 58.9 Å². The second kappa shape index (κ2) is 14.6. The number of nitrogens with zero attached hydrogens (tertiary/aromatic N) is 1.